The van der Waals surface area contributed by atoms with E-state index < -0.39 is 35.8 Å². The molecule has 1 aromatic carbocycles. The zero-order valence-corrected chi connectivity index (χ0v) is 15.8. The van der Waals surface area contributed by atoms with Gasteiger partial charge in [0.2, 0.25) is 0 Å². The molecular weight excluding hydrogens is 352 g/mol. The molecule has 8 nitrogen and oxygen atoms in total. The number of hydrogen-bond acceptors (Lipinski definition) is 5. The lowest BCUT2D eigenvalue weighted by Gasteiger charge is -2.38. The van der Waals surface area contributed by atoms with Gasteiger partial charge >= 0.3 is 18.2 Å². The Balaban J connectivity index is 1.93. The van der Waals surface area contributed by atoms with Crippen LogP contribution in [-0.4, -0.2) is 52.4 Å². The van der Waals surface area contributed by atoms with Crippen LogP contribution in [0.25, 0.3) is 0 Å². The third-order valence-corrected chi connectivity index (χ3v) is 4.03. The van der Waals surface area contributed by atoms with Crippen LogP contribution >= 0.6 is 0 Å². The van der Waals surface area contributed by atoms with E-state index in [9.17, 15) is 19.5 Å². The van der Waals surface area contributed by atoms with E-state index in [0.29, 0.717) is 6.42 Å². The summed E-state index contributed by atoms with van der Waals surface area (Å²) >= 11 is 0. The molecule has 8 heteroatoms. The summed E-state index contributed by atoms with van der Waals surface area (Å²) in [6.45, 7) is 5.31. The molecule has 0 aliphatic carbocycles. The first kappa shape index (κ1) is 20.5. The molecule has 0 aromatic heterocycles. The van der Waals surface area contributed by atoms with E-state index in [2.05, 4.69) is 5.32 Å². The van der Waals surface area contributed by atoms with Crippen LogP contribution in [0.2, 0.25) is 0 Å². The molecular formula is C19H26N2O6. The lowest BCUT2D eigenvalue weighted by molar-refractivity contribution is -0.144. The predicted octanol–water partition coefficient (Wildman–Crippen LogP) is 2.77. The maximum absolute atomic E-state index is 12.4. The number of carboxylic acid groups (broad SMARTS) is 1. The van der Waals surface area contributed by atoms with Crippen molar-refractivity contribution < 1.29 is 29.0 Å². The minimum atomic E-state index is -1.09. The number of likely N-dealkylation sites (tertiary alicyclic amines) is 1. The SMILES string of the molecule is CC(C)(C)OC(=O)N1C[C@@H](NC(=O)OCc2ccccc2)CC[C@@H]1C(=O)O. The van der Waals surface area contributed by atoms with Gasteiger partial charge in [0, 0.05) is 6.54 Å². The van der Waals surface area contributed by atoms with E-state index >= 15 is 0 Å². The molecule has 0 bridgehead atoms. The van der Waals surface area contributed by atoms with Crippen molar-refractivity contribution in [3.05, 3.63) is 35.9 Å². The van der Waals surface area contributed by atoms with Crippen LogP contribution in [0.15, 0.2) is 30.3 Å². The van der Waals surface area contributed by atoms with Crippen molar-refractivity contribution in [2.45, 2.75) is 57.9 Å². The second-order valence-electron chi connectivity index (χ2n) is 7.47. The first-order valence-electron chi connectivity index (χ1n) is 8.85. The van der Waals surface area contributed by atoms with Crippen LogP contribution in [0, 0.1) is 0 Å². The van der Waals surface area contributed by atoms with E-state index in [1.165, 1.54) is 0 Å². The summed E-state index contributed by atoms with van der Waals surface area (Å²) in [7, 11) is 0. The Kier molecular flexibility index (Phi) is 6.65. The van der Waals surface area contributed by atoms with Crippen LogP contribution in [0.4, 0.5) is 9.59 Å². The number of carboxylic acids is 1. The molecule has 1 aliphatic heterocycles. The van der Waals surface area contributed by atoms with Gasteiger partial charge in [0.25, 0.3) is 0 Å². The van der Waals surface area contributed by atoms with E-state index in [1.54, 1.807) is 20.8 Å². The first-order chi connectivity index (χ1) is 12.7. The largest absolute Gasteiger partial charge is 0.480 e. The summed E-state index contributed by atoms with van der Waals surface area (Å²) in [5.74, 6) is -1.09. The summed E-state index contributed by atoms with van der Waals surface area (Å²) in [4.78, 5) is 37.0. The van der Waals surface area contributed by atoms with Crippen molar-refractivity contribution in [1.29, 1.82) is 0 Å². The highest BCUT2D eigenvalue weighted by Crippen LogP contribution is 2.21. The van der Waals surface area contributed by atoms with Crippen LogP contribution in [0.1, 0.15) is 39.2 Å². The number of nitrogens with zero attached hydrogens (tertiary/aromatic N) is 1. The van der Waals surface area contributed by atoms with E-state index in [4.69, 9.17) is 9.47 Å². The third kappa shape index (κ3) is 6.47. The average molecular weight is 378 g/mol. The van der Waals surface area contributed by atoms with Gasteiger partial charge in [-0.25, -0.2) is 14.4 Å². The highest BCUT2D eigenvalue weighted by Gasteiger charge is 2.38. The molecule has 0 radical (unpaired) electrons. The number of benzene rings is 1. The molecule has 1 heterocycles. The average Bonchev–Trinajstić information content (AvgIpc) is 2.59. The molecule has 2 amide bonds. The number of ether oxygens (including phenoxy) is 2. The number of aliphatic carboxylic acids is 1. The molecule has 1 fully saturated rings. The predicted molar refractivity (Wildman–Crippen MR) is 97.1 cm³/mol. The second-order valence-corrected chi connectivity index (χ2v) is 7.47. The Morgan fingerprint density at radius 3 is 2.44 bits per heavy atom. The van der Waals surface area contributed by atoms with Crippen molar-refractivity contribution in [3.8, 4) is 0 Å². The maximum atomic E-state index is 12.4. The fraction of sp³-hybridized carbons (Fsp3) is 0.526. The number of hydrogen-bond donors (Lipinski definition) is 2. The summed E-state index contributed by atoms with van der Waals surface area (Å²) in [5.41, 5.74) is 0.118. The van der Waals surface area contributed by atoms with Crippen molar-refractivity contribution in [2.24, 2.45) is 0 Å². The zero-order chi connectivity index (χ0) is 20.0. The van der Waals surface area contributed by atoms with Gasteiger partial charge in [0.1, 0.15) is 18.2 Å². The van der Waals surface area contributed by atoms with Gasteiger partial charge < -0.3 is 19.9 Å². The highest BCUT2D eigenvalue weighted by atomic mass is 16.6. The van der Waals surface area contributed by atoms with Crippen molar-refractivity contribution in [3.63, 3.8) is 0 Å². The number of nitrogens with one attached hydrogen (secondary N) is 1. The van der Waals surface area contributed by atoms with Crippen LogP contribution in [0.5, 0.6) is 0 Å². The van der Waals surface area contributed by atoms with Crippen molar-refractivity contribution in [1.82, 2.24) is 10.2 Å². The molecule has 1 aliphatic rings. The van der Waals surface area contributed by atoms with Gasteiger partial charge in [-0.15, -0.1) is 0 Å². The Morgan fingerprint density at radius 1 is 1.19 bits per heavy atom. The molecule has 0 spiro atoms. The molecule has 1 aromatic rings. The molecule has 1 saturated heterocycles. The van der Waals surface area contributed by atoms with Crippen LogP contribution in [0.3, 0.4) is 0 Å². The molecule has 2 N–H and O–H groups in total. The zero-order valence-electron chi connectivity index (χ0n) is 15.8. The Bertz CT molecular complexity index is 671. The van der Waals surface area contributed by atoms with E-state index in [1.807, 2.05) is 30.3 Å². The van der Waals surface area contributed by atoms with Crippen molar-refractivity contribution >= 4 is 18.2 Å². The highest BCUT2D eigenvalue weighted by molar-refractivity contribution is 5.80. The summed E-state index contributed by atoms with van der Waals surface area (Å²) in [5, 5.41) is 12.1. The Morgan fingerprint density at radius 2 is 1.85 bits per heavy atom. The lowest BCUT2D eigenvalue weighted by atomic mass is 9.99. The fourth-order valence-corrected chi connectivity index (χ4v) is 2.80. The standard InChI is InChI=1S/C19H26N2O6/c1-19(2,3)27-18(25)21-11-14(9-10-15(21)16(22)23)20-17(24)26-12-13-7-5-4-6-8-13/h4-8,14-15H,9-12H2,1-3H3,(H,20,24)(H,22,23)/t14-,15+/m0/s1. The third-order valence-electron chi connectivity index (χ3n) is 4.03. The minimum Gasteiger partial charge on any atom is -0.480 e. The van der Waals surface area contributed by atoms with Crippen LogP contribution in [-0.2, 0) is 20.9 Å². The monoisotopic (exact) mass is 378 g/mol. The smallest absolute Gasteiger partial charge is 0.411 e. The van der Waals surface area contributed by atoms with Gasteiger partial charge in [-0.05, 0) is 39.2 Å². The molecule has 2 atom stereocenters. The number of piperidine rings is 1. The topological polar surface area (TPSA) is 105 Å². The molecule has 0 saturated carbocycles. The molecule has 2 rings (SSSR count). The summed E-state index contributed by atoms with van der Waals surface area (Å²) < 4.78 is 10.5. The molecule has 27 heavy (non-hydrogen) atoms. The van der Waals surface area contributed by atoms with Gasteiger partial charge in [-0.1, -0.05) is 30.3 Å². The summed E-state index contributed by atoms with van der Waals surface area (Å²) in [6.07, 6.45) is -0.671. The van der Waals surface area contributed by atoms with Gasteiger partial charge in [0.15, 0.2) is 0 Å². The number of carbonyl (C=O) groups excluding carboxylic acids is 2. The van der Waals surface area contributed by atoms with Gasteiger partial charge in [-0.3, -0.25) is 4.90 Å². The summed E-state index contributed by atoms with van der Waals surface area (Å²) in [6, 6.07) is 7.88. The van der Waals surface area contributed by atoms with Gasteiger partial charge in [-0.2, -0.15) is 0 Å². The number of alkyl carbamates (subject to hydrolysis) is 1. The quantitative estimate of drug-likeness (QED) is 0.835. The van der Waals surface area contributed by atoms with Crippen LogP contribution < -0.4 is 5.32 Å². The fourth-order valence-electron chi connectivity index (χ4n) is 2.80. The Labute approximate surface area is 158 Å². The molecule has 148 valence electrons. The normalized spacial score (nSPS) is 19.9. The minimum absolute atomic E-state index is 0.0479. The lowest BCUT2D eigenvalue weighted by Crippen LogP contribution is -2.57. The second kappa shape index (κ2) is 8.75. The first-order valence-corrected chi connectivity index (χ1v) is 8.85. The Hall–Kier alpha value is -2.77. The number of rotatable bonds is 4. The van der Waals surface area contributed by atoms with Crippen molar-refractivity contribution in [2.75, 3.05) is 6.54 Å². The van der Waals surface area contributed by atoms with Gasteiger partial charge in [0.05, 0.1) is 6.04 Å². The number of carbonyl (C=O) groups is 3. The van der Waals surface area contributed by atoms with E-state index in [0.717, 1.165) is 10.5 Å². The van der Waals surface area contributed by atoms with E-state index in [-0.39, 0.29) is 19.6 Å². The molecule has 0 unspecified atom stereocenters. The number of amides is 2. The maximum Gasteiger partial charge on any atom is 0.411 e.